The Kier molecular flexibility index (Phi) is 6.29. The van der Waals surface area contributed by atoms with E-state index in [-0.39, 0.29) is 11.9 Å². The van der Waals surface area contributed by atoms with Gasteiger partial charge in [0.2, 0.25) is 5.91 Å². The highest BCUT2D eigenvalue weighted by atomic mass is 79.9. The zero-order valence-corrected chi connectivity index (χ0v) is 13.7. The molecule has 1 amide bonds. The molecule has 1 atom stereocenters. The summed E-state index contributed by atoms with van der Waals surface area (Å²) in [5, 5.41) is 0. The average Bonchev–Trinajstić information content (AvgIpc) is 2.34. The smallest absolute Gasteiger partial charge is 0.246 e. The van der Waals surface area contributed by atoms with Gasteiger partial charge < -0.3 is 4.90 Å². The molecule has 0 bridgehead atoms. The molecule has 104 valence electrons. The van der Waals surface area contributed by atoms with E-state index in [1.54, 1.807) is 6.08 Å². The zero-order chi connectivity index (χ0) is 14.4. The molecule has 1 rings (SSSR count). The number of hydrogen-bond acceptors (Lipinski definition) is 1. The number of allylic oxidation sites excluding steroid dienone is 1. The van der Waals surface area contributed by atoms with Crippen LogP contribution in [0.25, 0.3) is 0 Å². The van der Waals surface area contributed by atoms with Crippen LogP contribution in [0.1, 0.15) is 45.7 Å². The Balaban J connectivity index is 3.02. The Labute approximate surface area is 124 Å². The van der Waals surface area contributed by atoms with E-state index < -0.39 is 0 Å². The summed E-state index contributed by atoms with van der Waals surface area (Å²) in [6.45, 7) is 8.84. The van der Waals surface area contributed by atoms with Crippen molar-refractivity contribution in [3.05, 3.63) is 46.0 Å². The Bertz CT molecular complexity index is 464. The molecule has 0 fully saturated rings. The van der Waals surface area contributed by atoms with Crippen molar-refractivity contribution in [2.24, 2.45) is 0 Å². The Morgan fingerprint density at radius 3 is 2.53 bits per heavy atom. The van der Waals surface area contributed by atoms with E-state index in [2.05, 4.69) is 35.8 Å². The maximum Gasteiger partial charge on any atom is 0.246 e. The number of rotatable bonds is 5. The van der Waals surface area contributed by atoms with E-state index in [1.807, 2.05) is 36.9 Å². The number of amides is 1. The lowest BCUT2D eigenvalue weighted by Gasteiger charge is -2.29. The molecule has 0 aromatic heterocycles. The van der Waals surface area contributed by atoms with Gasteiger partial charge in [0.1, 0.15) is 0 Å². The molecule has 1 aromatic rings. The van der Waals surface area contributed by atoms with Gasteiger partial charge in [-0.25, -0.2) is 0 Å². The van der Waals surface area contributed by atoms with Gasteiger partial charge in [0, 0.05) is 17.1 Å². The predicted octanol–water partition coefficient (Wildman–Crippen LogP) is 4.71. The van der Waals surface area contributed by atoms with E-state index in [0.717, 1.165) is 28.6 Å². The molecule has 1 unspecified atom stereocenters. The van der Waals surface area contributed by atoms with Gasteiger partial charge in [-0.05, 0) is 38.8 Å². The second-order valence-electron chi connectivity index (χ2n) is 4.95. The molecule has 0 heterocycles. The van der Waals surface area contributed by atoms with Crippen molar-refractivity contribution in [3.63, 3.8) is 0 Å². The van der Waals surface area contributed by atoms with E-state index in [4.69, 9.17) is 0 Å². The van der Waals surface area contributed by atoms with Gasteiger partial charge in [0.05, 0.1) is 6.04 Å². The summed E-state index contributed by atoms with van der Waals surface area (Å²) in [5.74, 6) is 0.0881. The maximum atomic E-state index is 12.3. The first-order valence-electron chi connectivity index (χ1n) is 6.67. The van der Waals surface area contributed by atoms with Crippen molar-refractivity contribution >= 4 is 21.8 Å². The van der Waals surface area contributed by atoms with Gasteiger partial charge in [-0.1, -0.05) is 46.6 Å². The van der Waals surface area contributed by atoms with Crippen LogP contribution in [0, 0.1) is 0 Å². The van der Waals surface area contributed by atoms with Gasteiger partial charge in [-0.3, -0.25) is 4.79 Å². The standard InChI is InChI=1S/C16H22BrNO/c1-5-10-18(16(19)11-12(2)3)13(4)14-8-6-7-9-15(14)17/h6-9,11,13H,5,10H2,1-4H3. The number of nitrogens with zero attached hydrogens (tertiary/aromatic N) is 1. The van der Waals surface area contributed by atoms with Gasteiger partial charge >= 0.3 is 0 Å². The molecule has 2 nitrogen and oxygen atoms in total. The van der Waals surface area contributed by atoms with E-state index >= 15 is 0 Å². The van der Waals surface area contributed by atoms with Crippen LogP contribution in [0.4, 0.5) is 0 Å². The van der Waals surface area contributed by atoms with Crippen molar-refractivity contribution in [1.82, 2.24) is 4.90 Å². The third-order valence-corrected chi connectivity index (χ3v) is 3.70. The fraction of sp³-hybridized carbons (Fsp3) is 0.438. The third kappa shape index (κ3) is 4.50. The minimum Gasteiger partial charge on any atom is -0.332 e. The van der Waals surface area contributed by atoms with Crippen LogP contribution in [0.2, 0.25) is 0 Å². The zero-order valence-electron chi connectivity index (χ0n) is 12.1. The Morgan fingerprint density at radius 2 is 2.00 bits per heavy atom. The summed E-state index contributed by atoms with van der Waals surface area (Å²) < 4.78 is 1.05. The van der Waals surface area contributed by atoms with Gasteiger partial charge in [0.25, 0.3) is 0 Å². The summed E-state index contributed by atoms with van der Waals surface area (Å²) in [5.41, 5.74) is 2.18. The summed E-state index contributed by atoms with van der Waals surface area (Å²) in [6.07, 6.45) is 2.67. The quantitative estimate of drug-likeness (QED) is 0.718. The van der Waals surface area contributed by atoms with Crippen molar-refractivity contribution < 1.29 is 4.79 Å². The summed E-state index contributed by atoms with van der Waals surface area (Å²) in [7, 11) is 0. The number of benzene rings is 1. The molecule has 0 spiro atoms. The maximum absolute atomic E-state index is 12.3. The monoisotopic (exact) mass is 323 g/mol. The second-order valence-corrected chi connectivity index (χ2v) is 5.81. The number of hydrogen-bond donors (Lipinski definition) is 0. The summed E-state index contributed by atoms with van der Waals surface area (Å²) in [6, 6.07) is 8.14. The van der Waals surface area contributed by atoms with Gasteiger partial charge in [-0.2, -0.15) is 0 Å². The molecular weight excluding hydrogens is 302 g/mol. The minimum atomic E-state index is 0.0682. The van der Waals surface area contributed by atoms with Crippen LogP contribution >= 0.6 is 15.9 Å². The highest BCUT2D eigenvalue weighted by Gasteiger charge is 2.20. The first-order chi connectivity index (χ1) is 8.97. The van der Waals surface area contributed by atoms with Crippen LogP contribution in [0.3, 0.4) is 0 Å². The van der Waals surface area contributed by atoms with Crippen LogP contribution in [-0.2, 0) is 4.79 Å². The molecule has 0 N–H and O–H groups in total. The normalized spacial score (nSPS) is 11.8. The van der Waals surface area contributed by atoms with Crippen LogP contribution in [-0.4, -0.2) is 17.4 Å². The first-order valence-corrected chi connectivity index (χ1v) is 7.46. The molecule has 1 aromatic carbocycles. The molecule has 0 aliphatic heterocycles. The highest BCUT2D eigenvalue weighted by molar-refractivity contribution is 9.10. The van der Waals surface area contributed by atoms with E-state index in [9.17, 15) is 4.79 Å². The lowest BCUT2D eigenvalue weighted by molar-refractivity contribution is -0.128. The Hall–Kier alpha value is -1.09. The Morgan fingerprint density at radius 1 is 1.37 bits per heavy atom. The first kappa shape index (κ1) is 16.0. The van der Waals surface area contributed by atoms with Gasteiger partial charge in [0.15, 0.2) is 0 Å². The fourth-order valence-electron chi connectivity index (χ4n) is 2.05. The van der Waals surface area contributed by atoms with Crippen molar-refractivity contribution in [3.8, 4) is 0 Å². The third-order valence-electron chi connectivity index (χ3n) is 2.98. The van der Waals surface area contributed by atoms with Crippen LogP contribution < -0.4 is 0 Å². The number of halogens is 1. The molecule has 0 saturated heterocycles. The average molecular weight is 324 g/mol. The molecular formula is C16H22BrNO. The molecule has 19 heavy (non-hydrogen) atoms. The lowest BCUT2D eigenvalue weighted by atomic mass is 10.1. The largest absolute Gasteiger partial charge is 0.332 e. The highest BCUT2D eigenvalue weighted by Crippen LogP contribution is 2.27. The molecule has 0 aliphatic rings. The topological polar surface area (TPSA) is 20.3 Å². The molecule has 0 radical (unpaired) electrons. The SMILES string of the molecule is CCCN(C(=O)C=C(C)C)C(C)c1ccccc1Br. The predicted molar refractivity (Wildman–Crippen MR) is 84.0 cm³/mol. The lowest BCUT2D eigenvalue weighted by Crippen LogP contribution is -2.33. The minimum absolute atomic E-state index is 0.0682. The van der Waals surface area contributed by atoms with Crippen molar-refractivity contribution in [2.45, 2.75) is 40.2 Å². The van der Waals surface area contributed by atoms with Crippen LogP contribution in [0.15, 0.2) is 40.4 Å². The summed E-state index contributed by atoms with van der Waals surface area (Å²) >= 11 is 3.56. The van der Waals surface area contributed by atoms with Crippen molar-refractivity contribution in [2.75, 3.05) is 6.54 Å². The summed E-state index contributed by atoms with van der Waals surface area (Å²) in [4.78, 5) is 14.2. The second kappa shape index (κ2) is 7.49. The van der Waals surface area contributed by atoms with E-state index in [1.165, 1.54) is 0 Å². The van der Waals surface area contributed by atoms with Crippen molar-refractivity contribution in [1.29, 1.82) is 0 Å². The molecule has 0 saturated carbocycles. The van der Waals surface area contributed by atoms with E-state index in [0.29, 0.717) is 0 Å². The molecule has 3 heteroatoms. The molecule has 0 aliphatic carbocycles. The fourth-order valence-corrected chi connectivity index (χ4v) is 2.66. The van der Waals surface area contributed by atoms with Gasteiger partial charge in [-0.15, -0.1) is 0 Å². The van der Waals surface area contributed by atoms with Crippen LogP contribution in [0.5, 0.6) is 0 Å². The number of carbonyl (C=O) groups is 1. The number of carbonyl (C=O) groups excluding carboxylic acids is 1.